The first-order chi connectivity index (χ1) is 11.2. The summed E-state index contributed by atoms with van der Waals surface area (Å²) in [5.41, 5.74) is 0.931. The Bertz CT molecular complexity index is 813. The topological polar surface area (TPSA) is 82.6 Å². The van der Waals surface area contributed by atoms with E-state index in [1.807, 2.05) is 19.0 Å². The number of hydrogen-bond acceptors (Lipinski definition) is 5. The lowest BCUT2D eigenvalue weighted by molar-refractivity contribution is 0.102. The minimum absolute atomic E-state index is 0.140. The number of benzene rings is 1. The molecule has 0 unspecified atom stereocenters. The third kappa shape index (κ3) is 3.90. The fourth-order valence-electron chi connectivity index (χ4n) is 1.92. The van der Waals surface area contributed by atoms with Gasteiger partial charge in [0.15, 0.2) is 0 Å². The van der Waals surface area contributed by atoms with Crippen molar-refractivity contribution >= 4 is 27.4 Å². The highest BCUT2D eigenvalue weighted by Crippen LogP contribution is 2.16. The summed E-state index contributed by atoms with van der Waals surface area (Å²) in [6.45, 7) is 0. The van der Waals surface area contributed by atoms with Gasteiger partial charge < -0.3 is 10.2 Å². The molecule has 0 saturated carbocycles. The summed E-state index contributed by atoms with van der Waals surface area (Å²) in [5.74, 6) is 0.453. The van der Waals surface area contributed by atoms with E-state index in [0.717, 1.165) is 10.1 Å². The van der Waals surface area contributed by atoms with Crippen molar-refractivity contribution in [3.8, 4) is 0 Å². The van der Waals surface area contributed by atoms with Crippen LogP contribution in [0.2, 0.25) is 0 Å². The summed E-state index contributed by atoms with van der Waals surface area (Å²) in [7, 11) is 3.17. The number of rotatable bonds is 5. The van der Waals surface area contributed by atoms with E-state index in [0.29, 0.717) is 11.3 Å². The Morgan fingerprint density at radius 2 is 1.62 bits per heavy atom. The molecular formula is C16H20N4O3S. The standard InChI is InChI=1S/C16H20N4O3S/c1-19(2)15-10-7-13(11-17-15)18-16(21)12-5-8-14(9-6-12)24(22,23)20(3)4/h5-11H,1-4H3,(H,18,21). The van der Waals surface area contributed by atoms with Gasteiger partial charge in [-0.25, -0.2) is 17.7 Å². The monoisotopic (exact) mass is 348 g/mol. The number of sulfonamides is 1. The van der Waals surface area contributed by atoms with Crippen molar-refractivity contribution in [2.24, 2.45) is 0 Å². The Morgan fingerprint density at radius 3 is 2.08 bits per heavy atom. The summed E-state index contributed by atoms with van der Waals surface area (Å²) < 4.78 is 25.1. The molecule has 1 aromatic heterocycles. The van der Waals surface area contributed by atoms with Crippen LogP contribution in [0, 0.1) is 0 Å². The van der Waals surface area contributed by atoms with Crippen molar-refractivity contribution in [1.29, 1.82) is 0 Å². The molecule has 1 heterocycles. The summed E-state index contributed by atoms with van der Waals surface area (Å²) in [5, 5.41) is 2.73. The molecule has 0 aliphatic rings. The van der Waals surface area contributed by atoms with Crippen LogP contribution in [-0.2, 0) is 10.0 Å². The van der Waals surface area contributed by atoms with Gasteiger partial charge in [-0.1, -0.05) is 0 Å². The minimum atomic E-state index is -3.50. The number of pyridine rings is 1. The van der Waals surface area contributed by atoms with Crippen molar-refractivity contribution < 1.29 is 13.2 Å². The lowest BCUT2D eigenvalue weighted by Gasteiger charge is -2.12. The highest BCUT2D eigenvalue weighted by atomic mass is 32.2. The molecule has 0 spiro atoms. The largest absolute Gasteiger partial charge is 0.363 e. The molecule has 0 saturated heterocycles. The third-order valence-corrected chi connectivity index (χ3v) is 5.19. The third-order valence-electron chi connectivity index (χ3n) is 3.36. The first-order valence-electron chi connectivity index (χ1n) is 7.19. The van der Waals surface area contributed by atoms with Crippen LogP contribution in [0.4, 0.5) is 11.5 Å². The average molecular weight is 348 g/mol. The molecule has 0 fully saturated rings. The molecule has 24 heavy (non-hydrogen) atoms. The second-order valence-corrected chi connectivity index (χ2v) is 7.72. The molecule has 8 heteroatoms. The predicted molar refractivity (Wildman–Crippen MR) is 93.8 cm³/mol. The fraction of sp³-hybridized carbons (Fsp3) is 0.250. The van der Waals surface area contributed by atoms with Gasteiger partial charge in [-0.2, -0.15) is 0 Å². The maximum atomic E-state index is 12.2. The molecule has 128 valence electrons. The van der Waals surface area contributed by atoms with Gasteiger partial charge in [0.2, 0.25) is 10.0 Å². The zero-order valence-corrected chi connectivity index (χ0v) is 14.8. The average Bonchev–Trinajstić information content (AvgIpc) is 2.55. The number of nitrogens with one attached hydrogen (secondary N) is 1. The zero-order chi connectivity index (χ0) is 17.9. The fourth-order valence-corrected chi connectivity index (χ4v) is 2.82. The number of carbonyl (C=O) groups excluding carboxylic acids is 1. The number of carbonyl (C=O) groups is 1. The lowest BCUT2D eigenvalue weighted by atomic mass is 10.2. The van der Waals surface area contributed by atoms with Gasteiger partial charge in [-0.3, -0.25) is 4.79 Å². The maximum Gasteiger partial charge on any atom is 0.255 e. The molecule has 2 rings (SSSR count). The van der Waals surface area contributed by atoms with Gasteiger partial charge in [-0.15, -0.1) is 0 Å². The molecule has 0 atom stereocenters. The summed E-state index contributed by atoms with van der Waals surface area (Å²) in [4.78, 5) is 18.4. The Hall–Kier alpha value is -2.45. The van der Waals surface area contributed by atoms with Gasteiger partial charge in [-0.05, 0) is 36.4 Å². The van der Waals surface area contributed by atoms with Gasteiger partial charge in [0.05, 0.1) is 16.8 Å². The molecule has 0 aliphatic carbocycles. The first kappa shape index (κ1) is 17.9. The molecular weight excluding hydrogens is 328 g/mol. The van der Waals surface area contributed by atoms with E-state index in [2.05, 4.69) is 10.3 Å². The maximum absolute atomic E-state index is 12.2. The Balaban J connectivity index is 2.13. The van der Waals surface area contributed by atoms with Crippen molar-refractivity contribution in [2.45, 2.75) is 4.90 Å². The number of nitrogens with zero attached hydrogens (tertiary/aromatic N) is 3. The van der Waals surface area contributed by atoms with Gasteiger partial charge in [0, 0.05) is 33.8 Å². The highest BCUT2D eigenvalue weighted by molar-refractivity contribution is 7.89. The summed E-state index contributed by atoms with van der Waals surface area (Å²) in [6, 6.07) is 9.34. The van der Waals surface area contributed by atoms with Crippen LogP contribution in [-0.4, -0.2) is 51.8 Å². The predicted octanol–water partition coefficient (Wildman–Crippen LogP) is 1.65. The Morgan fingerprint density at radius 1 is 1.00 bits per heavy atom. The van der Waals surface area contributed by atoms with E-state index in [1.54, 1.807) is 18.3 Å². The molecule has 1 N–H and O–H groups in total. The molecule has 1 aromatic carbocycles. The van der Waals surface area contributed by atoms with E-state index in [1.165, 1.54) is 38.4 Å². The second-order valence-electron chi connectivity index (χ2n) is 5.57. The van der Waals surface area contributed by atoms with E-state index in [9.17, 15) is 13.2 Å². The van der Waals surface area contributed by atoms with E-state index >= 15 is 0 Å². The van der Waals surface area contributed by atoms with Crippen LogP contribution < -0.4 is 10.2 Å². The summed E-state index contributed by atoms with van der Waals surface area (Å²) >= 11 is 0. The highest BCUT2D eigenvalue weighted by Gasteiger charge is 2.17. The quantitative estimate of drug-likeness (QED) is 0.888. The normalized spacial score (nSPS) is 11.4. The van der Waals surface area contributed by atoms with Gasteiger partial charge in [0.1, 0.15) is 5.82 Å². The lowest BCUT2D eigenvalue weighted by Crippen LogP contribution is -2.22. The zero-order valence-electron chi connectivity index (χ0n) is 14.0. The molecule has 2 aromatic rings. The van der Waals surface area contributed by atoms with Crippen LogP contribution in [0.15, 0.2) is 47.5 Å². The number of anilines is 2. The van der Waals surface area contributed by atoms with Crippen LogP contribution in [0.3, 0.4) is 0 Å². The van der Waals surface area contributed by atoms with Crippen molar-refractivity contribution in [1.82, 2.24) is 9.29 Å². The SMILES string of the molecule is CN(C)c1ccc(NC(=O)c2ccc(S(=O)(=O)N(C)C)cc2)cn1. The smallest absolute Gasteiger partial charge is 0.255 e. The molecule has 7 nitrogen and oxygen atoms in total. The molecule has 0 radical (unpaired) electrons. The van der Waals surface area contributed by atoms with Gasteiger partial charge >= 0.3 is 0 Å². The minimum Gasteiger partial charge on any atom is -0.363 e. The molecule has 0 bridgehead atoms. The van der Waals surface area contributed by atoms with E-state index < -0.39 is 10.0 Å². The Labute approximate surface area is 142 Å². The van der Waals surface area contributed by atoms with Crippen LogP contribution in [0.25, 0.3) is 0 Å². The van der Waals surface area contributed by atoms with Crippen molar-refractivity contribution in [3.05, 3.63) is 48.2 Å². The molecule has 0 aliphatic heterocycles. The van der Waals surface area contributed by atoms with Crippen LogP contribution in [0.5, 0.6) is 0 Å². The van der Waals surface area contributed by atoms with Crippen molar-refractivity contribution in [3.63, 3.8) is 0 Å². The first-order valence-corrected chi connectivity index (χ1v) is 8.63. The Kier molecular flexibility index (Phi) is 5.20. The number of aromatic nitrogens is 1. The number of amides is 1. The number of hydrogen-bond donors (Lipinski definition) is 1. The molecule has 1 amide bonds. The van der Waals surface area contributed by atoms with Crippen molar-refractivity contribution in [2.75, 3.05) is 38.4 Å². The summed E-state index contributed by atoms with van der Waals surface area (Å²) in [6.07, 6.45) is 1.57. The van der Waals surface area contributed by atoms with E-state index in [-0.39, 0.29) is 10.8 Å². The van der Waals surface area contributed by atoms with Crippen LogP contribution >= 0.6 is 0 Å². The van der Waals surface area contributed by atoms with E-state index in [4.69, 9.17) is 0 Å². The van der Waals surface area contributed by atoms with Crippen LogP contribution in [0.1, 0.15) is 10.4 Å². The van der Waals surface area contributed by atoms with Gasteiger partial charge in [0.25, 0.3) is 5.91 Å². The second kappa shape index (κ2) is 6.98.